The number of imidazole rings is 1. The smallest absolute Gasteiger partial charge is 0.273 e. The van der Waals surface area contributed by atoms with Crippen LogP contribution in [0.1, 0.15) is 12.5 Å². The van der Waals surface area contributed by atoms with Crippen LogP contribution < -0.4 is 0 Å². The lowest BCUT2D eigenvalue weighted by Crippen LogP contribution is -1.97. The van der Waals surface area contributed by atoms with Crippen molar-refractivity contribution in [3.05, 3.63) is 52.3 Å². The van der Waals surface area contributed by atoms with Crippen LogP contribution in [-0.4, -0.2) is 14.5 Å². The van der Waals surface area contributed by atoms with Gasteiger partial charge in [-0.3, -0.25) is 10.1 Å². The predicted octanol–water partition coefficient (Wildman–Crippen LogP) is 3.10. The van der Waals surface area contributed by atoms with Gasteiger partial charge in [-0.1, -0.05) is 30.0 Å². The minimum absolute atomic E-state index is 0.166. The zero-order chi connectivity index (χ0) is 13.0. The van der Waals surface area contributed by atoms with Crippen molar-refractivity contribution in [1.29, 1.82) is 0 Å². The second-order valence-corrected chi connectivity index (χ2v) is 4.61. The van der Waals surface area contributed by atoms with Gasteiger partial charge in [0.2, 0.25) is 0 Å². The van der Waals surface area contributed by atoms with E-state index in [9.17, 15) is 10.1 Å². The van der Waals surface area contributed by atoms with Crippen LogP contribution in [0, 0.1) is 10.1 Å². The Morgan fingerprint density at radius 2 is 2.22 bits per heavy atom. The molecule has 94 valence electrons. The van der Waals surface area contributed by atoms with E-state index in [0.717, 1.165) is 17.3 Å². The van der Waals surface area contributed by atoms with Crippen LogP contribution in [0.3, 0.4) is 0 Å². The largest absolute Gasteiger partial charge is 0.326 e. The molecule has 0 bridgehead atoms. The molecule has 0 radical (unpaired) electrons. The fraction of sp³-hybridized carbons (Fsp3) is 0.250. The zero-order valence-corrected chi connectivity index (χ0v) is 10.8. The summed E-state index contributed by atoms with van der Waals surface area (Å²) < 4.78 is 2.01. The average molecular weight is 263 g/mol. The molecule has 0 saturated carbocycles. The zero-order valence-electron chi connectivity index (χ0n) is 9.94. The van der Waals surface area contributed by atoms with Gasteiger partial charge in [-0.2, -0.15) is 0 Å². The minimum Gasteiger partial charge on any atom is -0.326 e. The van der Waals surface area contributed by atoms with Crippen molar-refractivity contribution in [2.75, 3.05) is 0 Å². The number of nitrogens with zero attached hydrogens (tertiary/aromatic N) is 3. The van der Waals surface area contributed by atoms with Crippen molar-refractivity contribution >= 4 is 17.4 Å². The van der Waals surface area contributed by atoms with Gasteiger partial charge in [0.1, 0.15) is 0 Å². The van der Waals surface area contributed by atoms with Gasteiger partial charge >= 0.3 is 0 Å². The molecule has 18 heavy (non-hydrogen) atoms. The second-order valence-electron chi connectivity index (χ2n) is 3.67. The number of nitro groups is 1. The van der Waals surface area contributed by atoms with Gasteiger partial charge in [0.25, 0.3) is 5.69 Å². The molecule has 0 atom stereocenters. The van der Waals surface area contributed by atoms with E-state index < -0.39 is 0 Å². The molecule has 2 rings (SSSR count). The fourth-order valence-corrected chi connectivity index (χ4v) is 2.65. The molecule has 0 fully saturated rings. The predicted molar refractivity (Wildman–Crippen MR) is 70.6 cm³/mol. The molecule has 1 aromatic heterocycles. The lowest BCUT2D eigenvalue weighted by molar-refractivity contribution is -0.385. The second kappa shape index (κ2) is 5.68. The Labute approximate surface area is 109 Å². The van der Waals surface area contributed by atoms with Gasteiger partial charge in [0.15, 0.2) is 5.16 Å². The summed E-state index contributed by atoms with van der Waals surface area (Å²) in [6, 6.07) is 6.81. The number of nitro benzene ring substituents is 1. The molecule has 1 heterocycles. The van der Waals surface area contributed by atoms with Crippen molar-refractivity contribution in [3.63, 3.8) is 0 Å². The highest BCUT2D eigenvalue weighted by Crippen LogP contribution is 2.26. The third-order valence-electron chi connectivity index (χ3n) is 2.56. The molecule has 0 spiro atoms. The molecular weight excluding hydrogens is 250 g/mol. The summed E-state index contributed by atoms with van der Waals surface area (Å²) in [5, 5.41) is 11.8. The fourth-order valence-electron chi connectivity index (χ4n) is 1.63. The lowest BCUT2D eigenvalue weighted by atomic mass is 10.2. The number of aryl methyl sites for hydroxylation is 1. The van der Waals surface area contributed by atoms with Gasteiger partial charge in [-0.05, 0) is 6.92 Å². The molecular formula is C12H13N3O2S. The number of hydrogen-bond donors (Lipinski definition) is 0. The van der Waals surface area contributed by atoms with Gasteiger partial charge in [0, 0.05) is 36.3 Å². The molecule has 0 N–H and O–H groups in total. The number of aromatic nitrogens is 2. The maximum absolute atomic E-state index is 10.9. The van der Waals surface area contributed by atoms with Crippen molar-refractivity contribution in [1.82, 2.24) is 9.55 Å². The van der Waals surface area contributed by atoms with E-state index >= 15 is 0 Å². The minimum atomic E-state index is -0.345. The van der Waals surface area contributed by atoms with E-state index in [2.05, 4.69) is 4.98 Å². The Hall–Kier alpha value is -1.82. The molecule has 0 aliphatic rings. The molecule has 0 aliphatic heterocycles. The number of rotatable bonds is 5. The SMILES string of the molecule is CCn1ccnc1SCc1ccccc1[N+](=O)[O-]. The Morgan fingerprint density at radius 1 is 1.44 bits per heavy atom. The Bertz CT molecular complexity index is 554. The van der Waals surface area contributed by atoms with Gasteiger partial charge < -0.3 is 4.57 Å². The van der Waals surface area contributed by atoms with Crippen molar-refractivity contribution in [2.45, 2.75) is 24.4 Å². The number of benzene rings is 1. The highest BCUT2D eigenvalue weighted by atomic mass is 32.2. The number of thioether (sulfide) groups is 1. The summed E-state index contributed by atoms with van der Waals surface area (Å²) in [7, 11) is 0. The summed E-state index contributed by atoms with van der Waals surface area (Å²) in [5.41, 5.74) is 0.887. The van der Waals surface area contributed by atoms with E-state index in [0.29, 0.717) is 5.75 Å². The third-order valence-corrected chi connectivity index (χ3v) is 3.62. The van der Waals surface area contributed by atoms with Crippen molar-refractivity contribution in [3.8, 4) is 0 Å². The number of hydrogen-bond acceptors (Lipinski definition) is 4. The summed E-state index contributed by atoms with van der Waals surface area (Å²) >= 11 is 1.51. The summed E-state index contributed by atoms with van der Waals surface area (Å²) in [6.07, 6.45) is 3.65. The maximum Gasteiger partial charge on any atom is 0.273 e. The van der Waals surface area contributed by atoms with Crippen LogP contribution in [-0.2, 0) is 12.3 Å². The monoisotopic (exact) mass is 263 g/mol. The van der Waals surface area contributed by atoms with E-state index in [1.165, 1.54) is 17.8 Å². The summed E-state index contributed by atoms with van der Waals surface area (Å²) in [6.45, 7) is 2.88. The molecule has 0 aliphatic carbocycles. The van der Waals surface area contributed by atoms with E-state index in [1.807, 2.05) is 23.8 Å². The number of para-hydroxylation sites is 1. The quantitative estimate of drug-likeness (QED) is 0.472. The molecule has 1 aromatic carbocycles. The average Bonchev–Trinajstić information content (AvgIpc) is 2.84. The third kappa shape index (κ3) is 2.70. The van der Waals surface area contributed by atoms with E-state index in [-0.39, 0.29) is 10.6 Å². The molecule has 6 heteroatoms. The highest BCUT2D eigenvalue weighted by Gasteiger charge is 2.13. The lowest BCUT2D eigenvalue weighted by Gasteiger charge is -2.04. The standard InChI is InChI=1S/C12H13N3O2S/c1-2-14-8-7-13-12(14)18-9-10-5-3-4-6-11(10)15(16)17/h3-8H,2,9H2,1H3. The molecule has 5 nitrogen and oxygen atoms in total. The molecule has 0 saturated heterocycles. The van der Waals surface area contributed by atoms with Gasteiger partial charge in [-0.15, -0.1) is 0 Å². The van der Waals surface area contributed by atoms with E-state index in [1.54, 1.807) is 18.3 Å². The van der Waals surface area contributed by atoms with Crippen LogP contribution in [0.15, 0.2) is 41.8 Å². The van der Waals surface area contributed by atoms with Crippen molar-refractivity contribution < 1.29 is 4.92 Å². The van der Waals surface area contributed by atoms with Crippen molar-refractivity contribution in [2.24, 2.45) is 0 Å². The van der Waals surface area contributed by atoms with E-state index in [4.69, 9.17) is 0 Å². The summed E-state index contributed by atoms with van der Waals surface area (Å²) in [5.74, 6) is 0.550. The topological polar surface area (TPSA) is 61.0 Å². The summed E-state index contributed by atoms with van der Waals surface area (Å²) in [4.78, 5) is 14.8. The molecule has 0 amide bonds. The van der Waals surface area contributed by atoms with Gasteiger partial charge in [-0.25, -0.2) is 4.98 Å². The molecule has 0 unspecified atom stereocenters. The Balaban J connectivity index is 2.13. The van der Waals surface area contributed by atoms with Crippen LogP contribution in [0.25, 0.3) is 0 Å². The Morgan fingerprint density at radius 3 is 2.94 bits per heavy atom. The maximum atomic E-state index is 10.9. The van der Waals surface area contributed by atoms with Crippen LogP contribution in [0.2, 0.25) is 0 Å². The first-order chi connectivity index (χ1) is 8.72. The molecule has 2 aromatic rings. The first-order valence-corrected chi connectivity index (χ1v) is 6.57. The Kier molecular flexibility index (Phi) is 3.99. The highest BCUT2D eigenvalue weighted by molar-refractivity contribution is 7.98. The van der Waals surface area contributed by atoms with Crippen LogP contribution in [0.4, 0.5) is 5.69 Å². The first-order valence-electron chi connectivity index (χ1n) is 5.58. The van der Waals surface area contributed by atoms with Crippen LogP contribution >= 0.6 is 11.8 Å². The first kappa shape index (κ1) is 12.6. The normalized spacial score (nSPS) is 10.5. The van der Waals surface area contributed by atoms with Crippen LogP contribution in [0.5, 0.6) is 0 Å². The van der Waals surface area contributed by atoms with Gasteiger partial charge in [0.05, 0.1) is 4.92 Å².